The van der Waals surface area contributed by atoms with E-state index in [2.05, 4.69) is 10.1 Å². The molecule has 0 N–H and O–H groups in total. The second-order valence-electron chi connectivity index (χ2n) is 7.73. The number of carbonyl (C=O) groups excluding carboxylic acids is 1. The molecule has 0 unspecified atom stereocenters. The Hall–Kier alpha value is -3.66. The third-order valence-electron chi connectivity index (χ3n) is 5.50. The van der Waals surface area contributed by atoms with Gasteiger partial charge in [-0.3, -0.25) is 9.78 Å². The Morgan fingerprint density at radius 1 is 1.00 bits per heavy atom. The molecule has 5 aromatic rings. The van der Waals surface area contributed by atoms with Crippen LogP contribution in [0.3, 0.4) is 0 Å². The summed E-state index contributed by atoms with van der Waals surface area (Å²) in [6.45, 7) is -0.400. The lowest BCUT2D eigenvalue weighted by Crippen LogP contribution is -2.15. The SMILES string of the molecule is COc1ccc2c(c1)c(OCC(=O)c1ccc(Cl)c(Cl)c1)nn2S(=O)(=O)c1ccc2ncccc2c1. The van der Waals surface area contributed by atoms with E-state index < -0.39 is 16.6 Å². The zero-order chi connectivity index (χ0) is 25.4. The summed E-state index contributed by atoms with van der Waals surface area (Å²) in [7, 11) is -2.63. The van der Waals surface area contributed by atoms with Gasteiger partial charge in [0.15, 0.2) is 12.4 Å². The molecule has 0 bridgehead atoms. The van der Waals surface area contributed by atoms with Gasteiger partial charge in [0.05, 0.1) is 38.5 Å². The quantitative estimate of drug-likeness (QED) is 0.254. The average molecular weight is 542 g/mol. The molecular formula is C25H17Cl2N3O5S. The number of fused-ring (bicyclic) bond motifs is 2. The maximum absolute atomic E-state index is 13.6. The number of benzene rings is 3. The highest BCUT2D eigenvalue weighted by Gasteiger charge is 2.25. The van der Waals surface area contributed by atoms with E-state index in [0.29, 0.717) is 32.6 Å². The molecule has 0 saturated carbocycles. The van der Waals surface area contributed by atoms with Crippen LogP contribution in [0.1, 0.15) is 10.4 Å². The Morgan fingerprint density at radius 3 is 2.61 bits per heavy atom. The number of carbonyl (C=O) groups is 1. The molecule has 0 saturated heterocycles. The monoisotopic (exact) mass is 541 g/mol. The minimum Gasteiger partial charge on any atom is -0.497 e. The van der Waals surface area contributed by atoms with Crippen LogP contribution in [-0.2, 0) is 10.0 Å². The van der Waals surface area contributed by atoms with E-state index in [1.807, 2.05) is 0 Å². The number of aromatic nitrogens is 3. The van der Waals surface area contributed by atoms with Crippen molar-refractivity contribution < 1.29 is 22.7 Å². The van der Waals surface area contributed by atoms with Crippen LogP contribution in [0.5, 0.6) is 11.6 Å². The topological polar surface area (TPSA) is 100 Å². The van der Waals surface area contributed by atoms with E-state index in [-0.39, 0.29) is 27.1 Å². The first-order valence-corrected chi connectivity index (χ1v) is 12.8. The van der Waals surface area contributed by atoms with Gasteiger partial charge < -0.3 is 9.47 Å². The van der Waals surface area contributed by atoms with Gasteiger partial charge in [-0.25, -0.2) is 0 Å². The maximum Gasteiger partial charge on any atom is 0.283 e. The highest BCUT2D eigenvalue weighted by Crippen LogP contribution is 2.32. The summed E-state index contributed by atoms with van der Waals surface area (Å²) in [4.78, 5) is 16.9. The molecule has 2 aromatic heterocycles. The number of ketones is 1. The Morgan fingerprint density at radius 2 is 1.83 bits per heavy atom. The number of ether oxygens (including phenoxy) is 2. The minimum absolute atomic E-state index is 0.0293. The minimum atomic E-state index is -4.12. The molecule has 11 heteroatoms. The first kappa shape index (κ1) is 24.1. The van der Waals surface area contributed by atoms with Crippen molar-refractivity contribution in [1.29, 1.82) is 0 Å². The van der Waals surface area contributed by atoms with Crippen LogP contribution in [0.2, 0.25) is 10.0 Å². The van der Waals surface area contributed by atoms with Gasteiger partial charge >= 0.3 is 0 Å². The smallest absolute Gasteiger partial charge is 0.283 e. The second kappa shape index (κ2) is 9.42. The van der Waals surface area contributed by atoms with Crippen molar-refractivity contribution in [1.82, 2.24) is 14.2 Å². The van der Waals surface area contributed by atoms with Gasteiger partial charge in [0, 0.05) is 17.1 Å². The zero-order valence-corrected chi connectivity index (χ0v) is 21.0. The van der Waals surface area contributed by atoms with E-state index in [4.69, 9.17) is 32.7 Å². The summed E-state index contributed by atoms with van der Waals surface area (Å²) < 4.78 is 39.0. The van der Waals surface area contributed by atoms with Crippen LogP contribution in [0, 0.1) is 0 Å². The number of hydrogen-bond donors (Lipinski definition) is 0. The van der Waals surface area contributed by atoms with E-state index >= 15 is 0 Å². The van der Waals surface area contributed by atoms with Crippen LogP contribution in [-0.4, -0.2) is 42.1 Å². The van der Waals surface area contributed by atoms with E-state index in [9.17, 15) is 13.2 Å². The highest BCUT2D eigenvalue weighted by molar-refractivity contribution is 7.90. The Kier molecular flexibility index (Phi) is 6.29. The standard InChI is InChI=1S/C25H17Cl2N3O5S/c1-34-17-5-9-23-19(13-17)25(35-14-24(31)16-4-7-20(26)21(27)12-16)29-30(23)36(32,33)18-6-8-22-15(11-18)3-2-10-28-22/h2-13H,14H2,1H3. The van der Waals surface area contributed by atoms with Crippen molar-refractivity contribution in [2.75, 3.05) is 13.7 Å². The first-order valence-electron chi connectivity index (χ1n) is 10.6. The number of pyridine rings is 1. The number of rotatable bonds is 7. The fraction of sp³-hybridized carbons (Fsp3) is 0.0800. The predicted octanol–water partition coefficient (Wildman–Crippen LogP) is 5.40. The maximum atomic E-state index is 13.6. The number of Topliss-reactive ketones (excluding diaryl/α,β-unsaturated/α-hetero) is 1. The lowest BCUT2D eigenvalue weighted by Gasteiger charge is -2.07. The molecule has 36 heavy (non-hydrogen) atoms. The predicted molar refractivity (Wildman–Crippen MR) is 137 cm³/mol. The van der Waals surface area contributed by atoms with Crippen LogP contribution in [0.15, 0.2) is 77.8 Å². The molecule has 3 aromatic carbocycles. The Labute approximate surface area is 216 Å². The Balaban J connectivity index is 1.54. The molecule has 2 heterocycles. The van der Waals surface area contributed by atoms with Crippen molar-refractivity contribution in [3.8, 4) is 11.6 Å². The van der Waals surface area contributed by atoms with E-state index in [1.54, 1.807) is 42.6 Å². The summed E-state index contributed by atoms with van der Waals surface area (Å²) >= 11 is 11.9. The molecular weight excluding hydrogens is 525 g/mol. The summed E-state index contributed by atoms with van der Waals surface area (Å²) in [5.74, 6) is 0.0456. The summed E-state index contributed by atoms with van der Waals surface area (Å²) in [5.41, 5.74) is 1.22. The largest absolute Gasteiger partial charge is 0.497 e. The number of nitrogens with zero attached hydrogens (tertiary/aromatic N) is 3. The fourth-order valence-corrected chi connectivity index (χ4v) is 5.27. The summed E-state index contributed by atoms with van der Waals surface area (Å²) in [5, 5.41) is 5.81. The molecule has 0 atom stereocenters. The number of hydrogen-bond acceptors (Lipinski definition) is 7. The molecule has 0 amide bonds. The molecule has 0 aliphatic rings. The van der Waals surface area contributed by atoms with Crippen molar-refractivity contribution >= 4 is 60.8 Å². The first-order chi connectivity index (χ1) is 17.3. The summed E-state index contributed by atoms with van der Waals surface area (Å²) in [6, 6.07) is 17.4. The molecule has 0 spiro atoms. The molecule has 0 aliphatic heterocycles. The normalized spacial score (nSPS) is 11.6. The van der Waals surface area contributed by atoms with Gasteiger partial charge in [0.25, 0.3) is 10.0 Å². The van der Waals surface area contributed by atoms with Crippen molar-refractivity contribution in [3.63, 3.8) is 0 Å². The third-order valence-corrected chi connectivity index (χ3v) is 7.83. The molecule has 0 aliphatic carbocycles. The molecule has 182 valence electrons. The molecule has 0 fully saturated rings. The van der Waals surface area contributed by atoms with Crippen LogP contribution in [0.25, 0.3) is 21.8 Å². The second-order valence-corrected chi connectivity index (χ2v) is 10.3. The lowest BCUT2D eigenvalue weighted by atomic mass is 10.1. The number of halogens is 2. The molecule has 8 nitrogen and oxygen atoms in total. The molecule has 5 rings (SSSR count). The van der Waals surface area contributed by atoms with Crippen molar-refractivity contribution in [3.05, 3.63) is 88.5 Å². The van der Waals surface area contributed by atoms with Crippen molar-refractivity contribution in [2.45, 2.75) is 4.90 Å². The van der Waals surface area contributed by atoms with E-state index in [1.165, 1.54) is 37.4 Å². The van der Waals surface area contributed by atoms with Crippen LogP contribution < -0.4 is 9.47 Å². The van der Waals surface area contributed by atoms with Gasteiger partial charge in [0.1, 0.15) is 5.75 Å². The van der Waals surface area contributed by atoms with Crippen LogP contribution >= 0.6 is 23.2 Å². The van der Waals surface area contributed by atoms with Gasteiger partial charge in [-0.2, -0.15) is 8.42 Å². The van der Waals surface area contributed by atoms with Gasteiger partial charge in [0.2, 0.25) is 5.88 Å². The summed E-state index contributed by atoms with van der Waals surface area (Å²) in [6.07, 6.45) is 1.63. The zero-order valence-electron chi connectivity index (χ0n) is 18.7. The number of methoxy groups -OCH3 is 1. The average Bonchev–Trinajstić information content (AvgIpc) is 3.27. The Bertz CT molecular complexity index is 1750. The van der Waals surface area contributed by atoms with Crippen molar-refractivity contribution in [2.24, 2.45) is 0 Å². The van der Waals surface area contributed by atoms with Gasteiger partial charge in [-0.15, -0.1) is 9.19 Å². The van der Waals surface area contributed by atoms with Gasteiger partial charge in [-0.05, 0) is 60.7 Å². The van der Waals surface area contributed by atoms with E-state index in [0.717, 1.165) is 4.09 Å². The van der Waals surface area contributed by atoms with Crippen LogP contribution in [0.4, 0.5) is 0 Å². The third kappa shape index (κ3) is 4.37. The lowest BCUT2D eigenvalue weighted by molar-refractivity contribution is 0.0919. The van der Waals surface area contributed by atoms with Gasteiger partial charge in [-0.1, -0.05) is 29.3 Å². The highest BCUT2D eigenvalue weighted by atomic mass is 35.5. The fourth-order valence-electron chi connectivity index (χ4n) is 3.66. The molecule has 0 radical (unpaired) electrons.